The SMILES string of the molecule is CN1CCN(c2cc3c(cc2F)c(=O)c(N(N)C=O)cn3C2CC2)CC1. The predicted octanol–water partition coefficient (Wildman–Crippen LogP) is 1.06. The lowest BCUT2D eigenvalue weighted by Gasteiger charge is -2.34. The number of likely N-dealkylation sites (N-methyl/N-ethyl adjacent to an activating group) is 1. The van der Waals surface area contributed by atoms with Gasteiger partial charge in [-0.3, -0.25) is 9.59 Å². The quantitative estimate of drug-likeness (QED) is 0.382. The third-order valence-electron chi connectivity index (χ3n) is 5.26. The van der Waals surface area contributed by atoms with Crippen LogP contribution < -0.4 is 21.2 Å². The van der Waals surface area contributed by atoms with E-state index in [-0.39, 0.29) is 17.1 Å². The first kappa shape index (κ1) is 17.0. The number of amides is 1. The van der Waals surface area contributed by atoms with Crippen molar-refractivity contribution >= 4 is 28.7 Å². The van der Waals surface area contributed by atoms with Gasteiger partial charge < -0.3 is 14.4 Å². The van der Waals surface area contributed by atoms with Crippen LogP contribution in [-0.2, 0) is 4.79 Å². The van der Waals surface area contributed by atoms with Gasteiger partial charge in [-0.25, -0.2) is 15.2 Å². The van der Waals surface area contributed by atoms with Crippen molar-refractivity contribution in [1.82, 2.24) is 9.47 Å². The molecule has 1 saturated heterocycles. The number of rotatable bonds is 4. The summed E-state index contributed by atoms with van der Waals surface area (Å²) in [5.41, 5.74) is 0.837. The molecule has 2 heterocycles. The largest absolute Gasteiger partial charge is 0.367 e. The van der Waals surface area contributed by atoms with Crippen molar-refractivity contribution in [3.8, 4) is 0 Å². The zero-order chi connectivity index (χ0) is 18.4. The molecule has 0 bridgehead atoms. The van der Waals surface area contributed by atoms with Crippen molar-refractivity contribution in [2.24, 2.45) is 5.84 Å². The number of piperazine rings is 1. The van der Waals surface area contributed by atoms with E-state index in [1.807, 2.05) is 16.5 Å². The Morgan fingerprint density at radius 3 is 2.54 bits per heavy atom. The van der Waals surface area contributed by atoms with E-state index in [9.17, 15) is 14.0 Å². The summed E-state index contributed by atoms with van der Waals surface area (Å²) in [6.07, 6.45) is 3.98. The minimum Gasteiger partial charge on any atom is -0.367 e. The van der Waals surface area contributed by atoms with Crippen LogP contribution in [0.25, 0.3) is 10.9 Å². The molecule has 7 nitrogen and oxygen atoms in total. The number of carbonyl (C=O) groups excluding carboxylic acids is 1. The zero-order valence-corrected chi connectivity index (χ0v) is 14.7. The molecule has 2 fully saturated rings. The fourth-order valence-electron chi connectivity index (χ4n) is 3.53. The molecule has 2 aliphatic rings. The van der Waals surface area contributed by atoms with Gasteiger partial charge in [-0.05, 0) is 32.0 Å². The maximum absolute atomic E-state index is 14.8. The van der Waals surface area contributed by atoms with Crippen LogP contribution >= 0.6 is 0 Å². The molecule has 26 heavy (non-hydrogen) atoms. The summed E-state index contributed by atoms with van der Waals surface area (Å²) in [4.78, 5) is 28.0. The highest BCUT2D eigenvalue weighted by atomic mass is 19.1. The van der Waals surface area contributed by atoms with Crippen molar-refractivity contribution in [3.63, 3.8) is 0 Å². The summed E-state index contributed by atoms with van der Waals surface area (Å²) in [5.74, 6) is 5.20. The van der Waals surface area contributed by atoms with Crippen LogP contribution in [-0.4, -0.2) is 49.1 Å². The molecule has 8 heteroatoms. The molecule has 1 saturated carbocycles. The number of benzene rings is 1. The van der Waals surface area contributed by atoms with Gasteiger partial charge >= 0.3 is 0 Å². The van der Waals surface area contributed by atoms with Crippen molar-refractivity contribution in [1.29, 1.82) is 0 Å². The fourth-order valence-corrected chi connectivity index (χ4v) is 3.53. The number of aromatic nitrogens is 1. The van der Waals surface area contributed by atoms with Crippen LogP contribution in [0.3, 0.4) is 0 Å². The molecule has 1 aliphatic carbocycles. The number of hydrogen-bond donors (Lipinski definition) is 1. The summed E-state index contributed by atoms with van der Waals surface area (Å²) >= 11 is 0. The maximum atomic E-state index is 14.8. The van der Waals surface area contributed by atoms with Gasteiger partial charge in [-0.15, -0.1) is 0 Å². The predicted molar refractivity (Wildman–Crippen MR) is 98.9 cm³/mol. The van der Waals surface area contributed by atoms with Crippen molar-refractivity contribution in [2.45, 2.75) is 18.9 Å². The Kier molecular flexibility index (Phi) is 4.16. The third kappa shape index (κ3) is 2.85. The van der Waals surface area contributed by atoms with E-state index < -0.39 is 11.2 Å². The molecular formula is C18H22FN5O2. The Labute approximate surface area is 150 Å². The standard InChI is InChI=1S/C18H22FN5O2/c1-21-4-6-22(7-5-21)16-9-15-13(8-14(16)19)18(26)17(24(20)11-25)10-23(15)12-2-3-12/h8-12H,2-7,20H2,1H3. The smallest absolute Gasteiger partial charge is 0.228 e. The minimum atomic E-state index is -0.435. The number of anilines is 2. The van der Waals surface area contributed by atoms with Gasteiger partial charge in [0.25, 0.3) is 0 Å². The molecular weight excluding hydrogens is 337 g/mol. The molecule has 0 unspecified atom stereocenters. The van der Waals surface area contributed by atoms with Crippen LogP contribution in [0.1, 0.15) is 18.9 Å². The van der Waals surface area contributed by atoms with Crippen LogP contribution in [0, 0.1) is 5.82 Å². The van der Waals surface area contributed by atoms with Gasteiger partial charge in [0, 0.05) is 38.4 Å². The Morgan fingerprint density at radius 2 is 1.92 bits per heavy atom. The Hall–Kier alpha value is -2.45. The number of halogens is 1. The number of fused-ring (bicyclic) bond motifs is 1. The monoisotopic (exact) mass is 359 g/mol. The minimum absolute atomic E-state index is 0.0612. The summed E-state index contributed by atoms with van der Waals surface area (Å²) in [6.45, 7) is 3.22. The first-order valence-corrected chi connectivity index (χ1v) is 8.80. The normalized spacial score (nSPS) is 18.3. The molecule has 0 radical (unpaired) electrons. The van der Waals surface area contributed by atoms with Crippen LogP contribution in [0.4, 0.5) is 15.8 Å². The Morgan fingerprint density at radius 1 is 1.23 bits per heavy atom. The van der Waals surface area contributed by atoms with E-state index in [1.165, 1.54) is 6.07 Å². The van der Waals surface area contributed by atoms with E-state index in [4.69, 9.17) is 5.84 Å². The molecule has 2 N–H and O–H groups in total. The van der Waals surface area contributed by atoms with E-state index in [0.717, 1.165) is 44.0 Å². The number of hydrazine groups is 1. The molecule has 4 rings (SSSR count). The average molecular weight is 359 g/mol. The van der Waals surface area contributed by atoms with Crippen LogP contribution in [0.15, 0.2) is 23.1 Å². The van der Waals surface area contributed by atoms with Crippen molar-refractivity contribution in [3.05, 3.63) is 34.4 Å². The summed E-state index contributed by atoms with van der Waals surface area (Å²) in [5, 5.41) is 1.01. The van der Waals surface area contributed by atoms with E-state index in [2.05, 4.69) is 4.90 Å². The average Bonchev–Trinajstić information content (AvgIpc) is 3.47. The molecule has 138 valence electrons. The molecule has 0 atom stereocenters. The van der Waals surface area contributed by atoms with Crippen molar-refractivity contribution < 1.29 is 9.18 Å². The maximum Gasteiger partial charge on any atom is 0.228 e. The first-order chi connectivity index (χ1) is 12.5. The number of nitrogens with two attached hydrogens (primary N) is 1. The molecule has 1 aromatic heterocycles. The van der Waals surface area contributed by atoms with Gasteiger partial charge in [0.1, 0.15) is 11.5 Å². The van der Waals surface area contributed by atoms with Crippen molar-refractivity contribution in [2.75, 3.05) is 43.1 Å². The van der Waals surface area contributed by atoms with E-state index in [0.29, 0.717) is 17.6 Å². The van der Waals surface area contributed by atoms with Gasteiger partial charge in [0.15, 0.2) is 0 Å². The summed E-state index contributed by atoms with van der Waals surface area (Å²) in [7, 11) is 2.05. The van der Waals surface area contributed by atoms with Crippen LogP contribution in [0.2, 0.25) is 0 Å². The number of hydrogen-bond acceptors (Lipinski definition) is 5. The lowest BCUT2D eigenvalue weighted by atomic mass is 10.1. The Balaban J connectivity index is 1.88. The van der Waals surface area contributed by atoms with Gasteiger partial charge in [0.2, 0.25) is 11.8 Å². The van der Waals surface area contributed by atoms with Gasteiger partial charge in [-0.1, -0.05) is 0 Å². The zero-order valence-electron chi connectivity index (χ0n) is 14.7. The number of carbonyl (C=O) groups is 1. The van der Waals surface area contributed by atoms with E-state index in [1.54, 1.807) is 12.3 Å². The highest BCUT2D eigenvalue weighted by Gasteiger charge is 2.28. The molecule has 1 aromatic carbocycles. The molecule has 0 spiro atoms. The number of pyridine rings is 1. The van der Waals surface area contributed by atoms with Gasteiger partial charge in [0.05, 0.1) is 16.6 Å². The van der Waals surface area contributed by atoms with Crippen LogP contribution in [0.5, 0.6) is 0 Å². The summed E-state index contributed by atoms with van der Waals surface area (Å²) < 4.78 is 16.8. The topological polar surface area (TPSA) is 74.8 Å². The van der Waals surface area contributed by atoms with Gasteiger partial charge in [-0.2, -0.15) is 0 Å². The molecule has 2 aromatic rings. The second-order valence-corrected chi connectivity index (χ2v) is 7.11. The highest BCUT2D eigenvalue weighted by Crippen LogP contribution is 2.38. The third-order valence-corrected chi connectivity index (χ3v) is 5.26. The summed E-state index contributed by atoms with van der Waals surface area (Å²) in [6, 6.07) is 3.30. The first-order valence-electron chi connectivity index (χ1n) is 8.80. The fraction of sp³-hybridized carbons (Fsp3) is 0.444. The lowest BCUT2D eigenvalue weighted by Crippen LogP contribution is -2.44. The highest BCUT2D eigenvalue weighted by molar-refractivity contribution is 5.88. The van der Waals surface area contributed by atoms with E-state index >= 15 is 0 Å². The second-order valence-electron chi connectivity index (χ2n) is 7.11. The molecule has 1 amide bonds. The molecule has 1 aliphatic heterocycles. The Bertz CT molecular complexity index is 916. The second kappa shape index (κ2) is 6.37. The lowest BCUT2D eigenvalue weighted by molar-refractivity contribution is -0.107. The number of nitrogens with zero attached hydrogens (tertiary/aromatic N) is 4.